The maximum atomic E-state index is 4.71. The minimum absolute atomic E-state index is 0.928. The first-order valence-electron chi connectivity index (χ1n) is 7.28. The van der Waals surface area contributed by atoms with E-state index in [4.69, 9.17) is 4.98 Å². The van der Waals surface area contributed by atoms with Crippen LogP contribution in [0.4, 0.5) is 0 Å². The number of hydrogen-bond acceptors (Lipinski definition) is 1. The van der Waals surface area contributed by atoms with Crippen LogP contribution in [0.15, 0.2) is 36.5 Å². The van der Waals surface area contributed by atoms with Crippen molar-refractivity contribution in [3.8, 4) is 11.3 Å². The topological polar surface area (TPSA) is 21.7 Å². The molecule has 4 rings (SSSR count). The second kappa shape index (κ2) is 4.29. The van der Waals surface area contributed by atoms with Crippen molar-refractivity contribution >= 4 is 17.2 Å². The highest BCUT2D eigenvalue weighted by Crippen LogP contribution is 2.26. The summed E-state index contributed by atoms with van der Waals surface area (Å²) in [5.41, 5.74) is 7.36. The molecule has 3 nitrogen and oxygen atoms in total. The van der Waals surface area contributed by atoms with Gasteiger partial charge in [0.2, 0.25) is 5.69 Å². The molecule has 0 aliphatic carbocycles. The van der Waals surface area contributed by atoms with E-state index in [1.165, 1.54) is 27.9 Å². The number of imidazole rings is 1. The van der Waals surface area contributed by atoms with Crippen molar-refractivity contribution in [1.29, 1.82) is 0 Å². The van der Waals surface area contributed by atoms with Crippen molar-refractivity contribution in [3.63, 3.8) is 0 Å². The van der Waals surface area contributed by atoms with E-state index in [2.05, 4.69) is 72.8 Å². The molecule has 3 heterocycles. The molecule has 0 saturated carbocycles. The van der Waals surface area contributed by atoms with Gasteiger partial charge in [-0.3, -0.25) is 0 Å². The smallest absolute Gasteiger partial charge is 0.214 e. The molecule has 3 heteroatoms. The monoisotopic (exact) mass is 276 g/mol. The molecule has 0 unspecified atom stereocenters. The zero-order valence-corrected chi connectivity index (χ0v) is 12.6. The average molecular weight is 276 g/mol. The molecule has 3 aromatic rings. The Morgan fingerprint density at radius 3 is 2.86 bits per heavy atom. The molecule has 0 bridgehead atoms. The molecule has 0 amide bonds. The Balaban J connectivity index is 2.00. The molecule has 0 spiro atoms. The molecular formula is C18H18N3+. The molecule has 0 saturated heterocycles. The lowest BCUT2D eigenvalue weighted by Gasteiger charge is -2.06. The first-order valence-corrected chi connectivity index (χ1v) is 7.28. The Morgan fingerprint density at radius 2 is 2.05 bits per heavy atom. The number of hydrogen-bond donors (Lipinski definition) is 0. The fourth-order valence-electron chi connectivity index (χ4n) is 3.18. The predicted molar refractivity (Wildman–Crippen MR) is 84.9 cm³/mol. The van der Waals surface area contributed by atoms with Gasteiger partial charge in [0.05, 0.1) is 5.52 Å². The number of nitrogens with zero attached hydrogens (tertiary/aromatic N) is 3. The molecule has 1 aromatic carbocycles. The summed E-state index contributed by atoms with van der Waals surface area (Å²) in [4.78, 5) is 4.71. The Hall–Kier alpha value is -2.42. The maximum Gasteiger partial charge on any atom is 0.214 e. The Labute approximate surface area is 124 Å². The second-order valence-corrected chi connectivity index (χ2v) is 5.85. The number of aryl methyl sites for hydroxylation is 3. The van der Waals surface area contributed by atoms with Crippen molar-refractivity contribution in [3.05, 3.63) is 53.5 Å². The first kappa shape index (κ1) is 12.3. The van der Waals surface area contributed by atoms with Crippen LogP contribution in [0.5, 0.6) is 0 Å². The first-order chi connectivity index (χ1) is 10.1. The molecule has 0 radical (unpaired) electrons. The third-order valence-corrected chi connectivity index (χ3v) is 4.23. The van der Waals surface area contributed by atoms with Crippen LogP contribution in [-0.4, -0.2) is 9.55 Å². The van der Waals surface area contributed by atoms with Crippen LogP contribution in [0.3, 0.4) is 0 Å². The standard InChI is InChI=1S/C18H18N3/c1-12-6-7-14(13(2)9-12)16-10-17-15(11-20(16)3)19-18-5-4-8-21(17)18/h4,6-11H,5H2,1-3H3/q+1. The summed E-state index contributed by atoms with van der Waals surface area (Å²) in [6.45, 7) is 4.31. The van der Waals surface area contributed by atoms with E-state index in [9.17, 15) is 0 Å². The quantitative estimate of drug-likeness (QED) is 0.626. The number of benzene rings is 1. The van der Waals surface area contributed by atoms with Crippen molar-refractivity contribution in [2.45, 2.75) is 20.3 Å². The van der Waals surface area contributed by atoms with Crippen LogP contribution < -0.4 is 4.57 Å². The molecule has 1 aliphatic rings. The van der Waals surface area contributed by atoms with Gasteiger partial charge in [0.1, 0.15) is 12.9 Å². The number of pyridine rings is 1. The average Bonchev–Trinajstić information content (AvgIpc) is 2.99. The second-order valence-electron chi connectivity index (χ2n) is 5.85. The molecule has 0 N–H and O–H groups in total. The van der Waals surface area contributed by atoms with Gasteiger partial charge in [-0.05, 0) is 25.5 Å². The van der Waals surface area contributed by atoms with E-state index in [-0.39, 0.29) is 0 Å². The SMILES string of the molecule is Cc1ccc(-c2cc3c(c[n+]2C)nc2n3C=CC2)c(C)c1. The van der Waals surface area contributed by atoms with Crippen LogP contribution in [0.1, 0.15) is 17.0 Å². The van der Waals surface area contributed by atoms with Gasteiger partial charge in [0.15, 0.2) is 11.7 Å². The largest absolute Gasteiger partial charge is 0.303 e. The zero-order valence-electron chi connectivity index (χ0n) is 12.6. The van der Waals surface area contributed by atoms with E-state index in [1.807, 2.05) is 0 Å². The third-order valence-electron chi connectivity index (χ3n) is 4.23. The minimum atomic E-state index is 0.928. The molecule has 21 heavy (non-hydrogen) atoms. The lowest BCUT2D eigenvalue weighted by Crippen LogP contribution is -2.30. The van der Waals surface area contributed by atoms with Crippen LogP contribution in [0.25, 0.3) is 28.5 Å². The summed E-state index contributed by atoms with van der Waals surface area (Å²) in [5.74, 6) is 1.13. The normalized spacial score (nSPS) is 13.1. The summed E-state index contributed by atoms with van der Waals surface area (Å²) in [6, 6.07) is 8.87. The molecular weight excluding hydrogens is 258 g/mol. The van der Waals surface area contributed by atoms with Crippen LogP contribution in [0, 0.1) is 13.8 Å². The third kappa shape index (κ3) is 1.81. The van der Waals surface area contributed by atoms with Gasteiger partial charge in [-0.1, -0.05) is 23.8 Å². The summed E-state index contributed by atoms with van der Waals surface area (Å²) in [7, 11) is 2.09. The highest BCUT2D eigenvalue weighted by molar-refractivity contribution is 5.81. The van der Waals surface area contributed by atoms with Crippen molar-refractivity contribution in [2.24, 2.45) is 7.05 Å². The fraction of sp³-hybridized carbons (Fsp3) is 0.222. The van der Waals surface area contributed by atoms with Crippen molar-refractivity contribution in [1.82, 2.24) is 9.55 Å². The lowest BCUT2D eigenvalue weighted by molar-refractivity contribution is -0.659. The fourth-order valence-corrected chi connectivity index (χ4v) is 3.18. The van der Waals surface area contributed by atoms with E-state index >= 15 is 0 Å². The van der Waals surface area contributed by atoms with E-state index < -0.39 is 0 Å². The molecule has 2 aromatic heterocycles. The molecule has 104 valence electrons. The summed E-state index contributed by atoms with van der Waals surface area (Å²) < 4.78 is 4.37. The van der Waals surface area contributed by atoms with E-state index in [0.29, 0.717) is 0 Å². The number of fused-ring (bicyclic) bond motifs is 3. The van der Waals surface area contributed by atoms with Gasteiger partial charge in [-0.2, -0.15) is 4.57 Å². The van der Waals surface area contributed by atoms with Gasteiger partial charge >= 0.3 is 0 Å². The lowest BCUT2D eigenvalue weighted by atomic mass is 10.0. The summed E-state index contributed by atoms with van der Waals surface area (Å²) >= 11 is 0. The highest BCUT2D eigenvalue weighted by atomic mass is 15.1. The highest BCUT2D eigenvalue weighted by Gasteiger charge is 2.19. The molecule has 1 aliphatic heterocycles. The van der Waals surface area contributed by atoms with Crippen LogP contribution in [-0.2, 0) is 13.5 Å². The zero-order chi connectivity index (χ0) is 14.6. The molecule has 0 fully saturated rings. The van der Waals surface area contributed by atoms with Crippen molar-refractivity contribution < 1.29 is 4.57 Å². The summed E-state index contributed by atoms with van der Waals surface area (Å²) in [6.07, 6.45) is 7.34. The minimum Gasteiger partial charge on any atom is -0.303 e. The number of allylic oxidation sites excluding steroid dienone is 1. The number of aromatic nitrogens is 3. The Bertz CT molecular complexity index is 900. The van der Waals surface area contributed by atoms with Gasteiger partial charge < -0.3 is 4.57 Å². The van der Waals surface area contributed by atoms with Gasteiger partial charge in [-0.25, -0.2) is 4.98 Å². The van der Waals surface area contributed by atoms with E-state index in [1.54, 1.807) is 0 Å². The Kier molecular flexibility index (Phi) is 2.52. The van der Waals surface area contributed by atoms with Crippen molar-refractivity contribution in [2.75, 3.05) is 0 Å². The van der Waals surface area contributed by atoms with Crippen LogP contribution >= 0.6 is 0 Å². The van der Waals surface area contributed by atoms with E-state index in [0.717, 1.165) is 17.8 Å². The van der Waals surface area contributed by atoms with Gasteiger partial charge in [0, 0.05) is 24.3 Å². The van der Waals surface area contributed by atoms with Gasteiger partial charge in [0.25, 0.3) is 0 Å². The summed E-state index contributed by atoms with van der Waals surface area (Å²) in [5, 5.41) is 0. The van der Waals surface area contributed by atoms with Crippen LogP contribution in [0.2, 0.25) is 0 Å². The number of rotatable bonds is 1. The predicted octanol–water partition coefficient (Wildman–Crippen LogP) is 3.17. The Morgan fingerprint density at radius 1 is 1.19 bits per heavy atom. The molecule has 0 atom stereocenters. The van der Waals surface area contributed by atoms with Gasteiger partial charge in [-0.15, -0.1) is 0 Å². The maximum absolute atomic E-state index is 4.71.